The number of aliphatic imine (C=N–C) groups is 1. The van der Waals surface area contributed by atoms with Crippen molar-refractivity contribution in [2.75, 3.05) is 0 Å². The molecular formula is C3H3N3S. The van der Waals surface area contributed by atoms with Gasteiger partial charge in [-0.25, -0.2) is 9.98 Å². The van der Waals surface area contributed by atoms with E-state index in [-0.39, 0.29) is 0 Å². The van der Waals surface area contributed by atoms with Crippen LogP contribution in [0.3, 0.4) is 0 Å². The zero-order valence-electron chi connectivity index (χ0n) is 3.53. The Hall–Kier alpha value is -0.770. The molecule has 1 aromatic heterocycles. The van der Waals surface area contributed by atoms with Gasteiger partial charge in [-0.1, -0.05) is 0 Å². The molecule has 0 aliphatic carbocycles. The molecule has 0 saturated carbocycles. The second-order valence-corrected chi connectivity index (χ2v) is 1.49. The van der Waals surface area contributed by atoms with Gasteiger partial charge in [0, 0.05) is 0 Å². The van der Waals surface area contributed by atoms with E-state index in [0.717, 1.165) is 0 Å². The molecule has 7 heavy (non-hydrogen) atoms. The van der Waals surface area contributed by atoms with Crippen LogP contribution in [0.4, 0.5) is 5.95 Å². The zero-order chi connectivity index (χ0) is 5.11. The van der Waals surface area contributed by atoms with Crippen molar-refractivity contribution in [3.05, 3.63) is 5.51 Å². The molecule has 0 saturated heterocycles. The Labute approximate surface area is 44.9 Å². The van der Waals surface area contributed by atoms with Crippen LogP contribution in [0.15, 0.2) is 10.5 Å². The standard InChI is InChI=1S/C3H3N3S/c1-4-3-5-2-7-6-3/h2H,1H2. The van der Waals surface area contributed by atoms with Gasteiger partial charge >= 0.3 is 0 Å². The summed E-state index contributed by atoms with van der Waals surface area (Å²) >= 11 is 1.27. The minimum atomic E-state index is 0.463. The summed E-state index contributed by atoms with van der Waals surface area (Å²) in [6.07, 6.45) is 0. The van der Waals surface area contributed by atoms with Crippen LogP contribution < -0.4 is 0 Å². The first kappa shape index (κ1) is 4.39. The first-order valence-electron chi connectivity index (χ1n) is 1.66. The van der Waals surface area contributed by atoms with Gasteiger partial charge in [0.15, 0.2) is 0 Å². The van der Waals surface area contributed by atoms with Crippen LogP contribution in [-0.4, -0.2) is 16.1 Å². The summed E-state index contributed by atoms with van der Waals surface area (Å²) in [5.41, 5.74) is 1.62. The topological polar surface area (TPSA) is 38.1 Å². The van der Waals surface area contributed by atoms with Crippen molar-refractivity contribution in [2.45, 2.75) is 0 Å². The van der Waals surface area contributed by atoms with Crippen molar-refractivity contribution >= 4 is 24.2 Å². The average molecular weight is 113 g/mol. The molecule has 4 heteroatoms. The maximum absolute atomic E-state index is 3.74. The van der Waals surface area contributed by atoms with Crippen molar-refractivity contribution in [3.8, 4) is 0 Å². The third-order valence-corrected chi connectivity index (χ3v) is 0.959. The van der Waals surface area contributed by atoms with E-state index >= 15 is 0 Å². The molecule has 1 aromatic rings. The number of nitrogens with zero attached hydrogens (tertiary/aromatic N) is 3. The minimum Gasteiger partial charge on any atom is -0.227 e. The first-order valence-corrected chi connectivity index (χ1v) is 2.50. The van der Waals surface area contributed by atoms with E-state index in [0.29, 0.717) is 5.95 Å². The monoisotopic (exact) mass is 113 g/mol. The fraction of sp³-hybridized carbons (Fsp3) is 0. The predicted octanol–water partition coefficient (Wildman–Crippen LogP) is 0.870. The van der Waals surface area contributed by atoms with Crippen LogP contribution in [0.5, 0.6) is 0 Å². The molecule has 1 rings (SSSR count). The molecule has 0 radical (unpaired) electrons. The largest absolute Gasteiger partial charge is 0.260 e. The van der Waals surface area contributed by atoms with E-state index < -0.39 is 0 Å². The predicted molar refractivity (Wildman–Crippen MR) is 29.1 cm³/mol. The summed E-state index contributed by atoms with van der Waals surface area (Å²) < 4.78 is 3.74. The summed E-state index contributed by atoms with van der Waals surface area (Å²) in [7, 11) is 0. The van der Waals surface area contributed by atoms with Gasteiger partial charge in [-0.3, -0.25) is 0 Å². The molecule has 0 aliphatic heterocycles. The summed E-state index contributed by atoms with van der Waals surface area (Å²) in [6, 6.07) is 0. The first-order chi connectivity index (χ1) is 3.43. The molecule has 0 amide bonds. The van der Waals surface area contributed by atoms with Gasteiger partial charge in [-0.15, -0.1) is 0 Å². The number of aromatic nitrogens is 2. The number of hydrogen-bond acceptors (Lipinski definition) is 4. The molecule has 0 N–H and O–H groups in total. The quantitative estimate of drug-likeness (QED) is 0.507. The Morgan fingerprint density at radius 3 is 3.00 bits per heavy atom. The Morgan fingerprint density at radius 1 is 1.86 bits per heavy atom. The molecule has 0 aromatic carbocycles. The lowest BCUT2D eigenvalue weighted by Crippen LogP contribution is -1.58. The molecule has 0 atom stereocenters. The van der Waals surface area contributed by atoms with E-state index in [4.69, 9.17) is 0 Å². The summed E-state index contributed by atoms with van der Waals surface area (Å²) in [6.45, 7) is 3.23. The summed E-state index contributed by atoms with van der Waals surface area (Å²) in [4.78, 5) is 7.18. The number of rotatable bonds is 1. The molecule has 0 spiro atoms. The second-order valence-electron chi connectivity index (χ2n) is 0.889. The van der Waals surface area contributed by atoms with E-state index in [1.54, 1.807) is 5.51 Å². The number of hydrogen-bond donors (Lipinski definition) is 0. The van der Waals surface area contributed by atoms with Crippen LogP contribution in [0.1, 0.15) is 0 Å². The van der Waals surface area contributed by atoms with Gasteiger partial charge in [0.2, 0.25) is 0 Å². The van der Waals surface area contributed by atoms with Crippen molar-refractivity contribution in [3.63, 3.8) is 0 Å². The van der Waals surface area contributed by atoms with Crippen molar-refractivity contribution < 1.29 is 0 Å². The molecular weight excluding hydrogens is 110 g/mol. The SMILES string of the molecule is C=Nc1ncsn1. The minimum absolute atomic E-state index is 0.463. The molecule has 0 bridgehead atoms. The maximum Gasteiger partial charge on any atom is 0.260 e. The fourth-order valence-corrected chi connectivity index (χ4v) is 0.622. The highest BCUT2D eigenvalue weighted by atomic mass is 32.1. The van der Waals surface area contributed by atoms with Gasteiger partial charge in [0.05, 0.1) is 0 Å². The van der Waals surface area contributed by atoms with Gasteiger partial charge in [-0.2, -0.15) is 4.37 Å². The van der Waals surface area contributed by atoms with E-state index in [9.17, 15) is 0 Å². The summed E-state index contributed by atoms with van der Waals surface area (Å²) in [5, 5.41) is 0. The van der Waals surface area contributed by atoms with Crippen LogP contribution in [0, 0.1) is 0 Å². The van der Waals surface area contributed by atoms with Gasteiger partial charge < -0.3 is 0 Å². The van der Waals surface area contributed by atoms with Crippen molar-refractivity contribution in [2.24, 2.45) is 4.99 Å². The van der Waals surface area contributed by atoms with Crippen molar-refractivity contribution in [1.29, 1.82) is 0 Å². The smallest absolute Gasteiger partial charge is 0.227 e. The Bertz CT molecular complexity index is 145. The van der Waals surface area contributed by atoms with Gasteiger partial charge in [0.25, 0.3) is 5.95 Å². The molecule has 0 aliphatic rings. The lowest BCUT2D eigenvalue weighted by atomic mass is 11.1. The Balaban J connectivity index is 2.96. The Kier molecular flexibility index (Phi) is 1.12. The van der Waals surface area contributed by atoms with Crippen LogP contribution in [-0.2, 0) is 0 Å². The van der Waals surface area contributed by atoms with E-state index in [2.05, 4.69) is 21.1 Å². The van der Waals surface area contributed by atoms with Gasteiger partial charge in [0.1, 0.15) is 5.51 Å². The zero-order valence-corrected chi connectivity index (χ0v) is 4.35. The third-order valence-electron chi connectivity index (χ3n) is 0.491. The van der Waals surface area contributed by atoms with E-state index in [1.165, 1.54) is 11.5 Å². The summed E-state index contributed by atoms with van der Waals surface area (Å²) in [5.74, 6) is 0.463. The van der Waals surface area contributed by atoms with Crippen LogP contribution >= 0.6 is 11.5 Å². The molecule has 3 nitrogen and oxygen atoms in total. The lowest BCUT2D eigenvalue weighted by molar-refractivity contribution is 1.27. The molecule has 0 fully saturated rings. The highest BCUT2D eigenvalue weighted by molar-refractivity contribution is 7.03. The van der Waals surface area contributed by atoms with Crippen LogP contribution in [0.25, 0.3) is 0 Å². The lowest BCUT2D eigenvalue weighted by Gasteiger charge is -1.68. The van der Waals surface area contributed by atoms with E-state index in [1.807, 2.05) is 0 Å². The highest BCUT2D eigenvalue weighted by Crippen LogP contribution is 2.00. The molecule has 0 unspecified atom stereocenters. The maximum atomic E-state index is 3.74. The normalized spacial score (nSPS) is 8.57. The molecule has 1 heterocycles. The average Bonchev–Trinajstić information content (AvgIpc) is 2.14. The molecule has 36 valence electrons. The second kappa shape index (κ2) is 1.79. The fourth-order valence-electron chi connectivity index (χ4n) is 0.235. The Morgan fingerprint density at radius 2 is 2.71 bits per heavy atom. The van der Waals surface area contributed by atoms with Crippen LogP contribution in [0.2, 0.25) is 0 Å². The highest BCUT2D eigenvalue weighted by Gasteiger charge is 1.83. The van der Waals surface area contributed by atoms with Crippen molar-refractivity contribution in [1.82, 2.24) is 9.36 Å². The van der Waals surface area contributed by atoms with Gasteiger partial charge in [-0.05, 0) is 18.3 Å². The third kappa shape index (κ3) is 0.806.